The quantitative estimate of drug-likeness (QED) is 0.521. The SMILES string of the molecule is O=[N+]([O-])c1nn(CC2(CS)CCCCC2)cc1Br. The van der Waals surface area contributed by atoms with Crippen LogP contribution in [0.25, 0.3) is 0 Å². The van der Waals surface area contributed by atoms with Crippen LogP contribution in [0.15, 0.2) is 10.7 Å². The normalized spacial score (nSPS) is 18.8. The molecule has 100 valence electrons. The van der Waals surface area contributed by atoms with E-state index in [4.69, 9.17) is 0 Å². The van der Waals surface area contributed by atoms with Crippen LogP contribution in [-0.2, 0) is 6.54 Å². The maximum Gasteiger partial charge on any atom is 0.404 e. The molecule has 7 heteroatoms. The minimum absolute atomic E-state index is 0.111. The Morgan fingerprint density at radius 3 is 2.67 bits per heavy atom. The van der Waals surface area contributed by atoms with Gasteiger partial charge in [0.05, 0.1) is 17.8 Å². The summed E-state index contributed by atoms with van der Waals surface area (Å²) in [5, 5.41) is 14.8. The predicted octanol–water partition coefficient (Wildman–Crippen LogP) is 3.43. The van der Waals surface area contributed by atoms with Crippen LogP contribution in [0.2, 0.25) is 0 Å². The number of nitrogens with zero attached hydrogens (tertiary/aromatic N) is 3. The Balaban J connectivity index is 2.16. The van der Waals surface area contributed by atoms with E-state index < -0.39 is 4.92 Å². The molecular weight excluding hydrogens is 318 g/mol. The standard InChI is InChI=1S/C11H16BrN3O2S/c12-9-6-14(13-10(9)15(16)17)7-11(8-18)4-2-1-3-5-11/h6,18H,1-5,7-8H2. The lowest BCUT2D eigenvalue weighted by atomic mass is 9.75. The van der Waals surface area contributed by atoms with E-state index in [1.54, 1.807) is 10.9 Å². The summed E-state index contributed by atoms with van der Waals surface area (Å²) < 4.78 is 2.13. The highest BCUT2D eigenvalue weighted by molar-refractivity contribution is 9.10. The molecule has 5 nitrogen and oxygen atoms in total. The largest absolute Gasteiger partial charge is 0.404 e. The molecule has 0 radical (unpaired) electrons. The van der Waals surface area contributed by atoms with E-state index in [1.807, 2.05) is 0 Å². The lowest BCUT2D eigenvalue weighted by molar-refractivity contribution is -0.390. The van der Waals surface area contributed by atoms with Gasteiger partial charge in [-0.25, -0.2) is 0 Å². The predicted molar refractivity (Wildman–Crippen MR) is 76.0 cm³/mol. The zero-order valence-electron chi connectivity index (χ0n) is 10.0. The second kappa shape index (κ2) is 5.61. The number of thiol groups is 1. The minimum atomic E-state index is -0.463. The van der Waals surface area contributed by atoms with E-state index in [0.29, 0.717) is 11.0 Å². The van der Waals surface area contributed by atoms with Crippen molar-refractivity contribution in [1.29, 1.82) is 0 Å². The van der Waals surface area contributed by atoms with E-state index in [9.17, 15) is 10.1 Å². The molecule has 18 heavy (non-hydrogen) atoms. The summed E-state index contributed by atoms with van der Waals surface area (Å²) in [6.45, 7) is 0.711. The molecule has 1 aromatic heterocycles. The smallest absolute Gasteiger partial charge is 0.358 e. The van der Waals surface area contributed by atoms with E-state index in [2.05, 4.69) is 33.7 Å². The molecule has 0 saturated heterocycles. The van der Waals surface area contributed by atoms with Crippen molar-refractivity contribution in [3.05, 3.63) is 20.8 Å². The highest BCUT2D eigenvalue weighted by Gasteiger charge is 2.33. The number of halogens is 1. The lowest BCUT2D eigenvalue weighted by Gasteiger charge is -2.34. The third kappa shape index (κ3) is 2.88. The molecule has 1 saturated carbocycles. The van der Waals surface area contributed by atoms with Crippen LogP contribution in [0.1, 0.15) is 32.1 Å². The summed E-state index contributed by atoms with van der Waals surface area (Å²) in [5.74, 6) is 0.693. The molecule has 1 aliphatic rings. The molecule has 1 fully saturated rings. The number of hydrogen-bond acceptors (Lipinski definition) is 4. The van der Waals surface area contributed by atoms with Crippen molar-refractivity contribution in [2.24, 2.45) is 5.41 Å². The van der Waals surface area contributed by atoms with Crippen LogP contribution in [0.3, 0.4) is 0 Å². The van der Waals surface area contributed by atoms with Crippen LogP contribution in [0, 0.1) is 15.5 Å². The van der Waals surface area contributed by atoms with Gasteiger partial charge in [0, 0.05) is 5.41 Å². The van der Waals surface area contributed by atoms with Gasteiger partial charge in [0.15, 0.2) is 0 Å². The topological polar surface area (TPSA) is 61.0 Å². The number of aromatic nitrogens is 2. The van der Waals surface area contributed by atoms with Gasteiger partial charge in [0.25, 0.3) is 0 Å². The number of rotatable bonds is 4. The van der Waals surface area contributed by atoms with Crippen LogP contribution in [0.4, 0.5) is 5.82 Å². The molecule has 0 aromatic carbocycles. The van der Waals surface area contributed by atoms with Gasteiger partial charge in [-0.2, -0.15) is 17.3 Å². The van der Waals surface area contributed by atoms with Crippen molar-refractivity contribution in [2.45, 2.75) is 38.6 Å². The van der Waals surface area contributed by atoms with Crippen molar-refractivity contribution in [2.75, 3.05) is 5.75 Å². The molecule has 1 heterocycles. The number of nitro groups is 1. The Labute approximate surface area is 120 Å². The van der Waals surface area contributed by atoms with Crippen LogP contribution in [-0.4, -0.2) is 20.5 Å². The Morgan fingerprint density at radius 1 is 1.50 bits per heavy atom. The van der Waals surface area contributed by atoms with Crippen molar-refractivity contribution in [3.63, 3.8) is 0 Å². The molecule has 0 amide bonds. The van der Waals surface area contributed by atoms with E-state index in [1.165, 1.54) is 19.3 Å². The van der Waals surface area contributed by atoms with Crippen molar-refractivity contribution in [3.8, 4) is 0 Å². The van der Waals surface area contributed by atoms with Crippen molar-refractivity contribution >= 4 is 34.4 Å². The van der Waals surface area contributed by atoms with E-state index in [0.717, 1.165) is 18.6 Å². The van der Waals surface area contributed by atoms with Gasteiger partial charge >= 0.3 is 5.82 Å². The van der Waals surface area contributed by atoms with Gasteiger partial charge in [-0.05, 0) is 39.4 Å². The van der Waals surface area contributed by atoms with Crippen molar-refractivity contribution in [1.82, 2.24) is 9.78 Å². The Bertz CT molecular complexity index is 443. The molecule has 0 N–H and O–H groups in total. The summed E-state index contributed by atoms with van der Waals surface area (Å²) in [7, 11) is 0. The zero-order valence-corrected chi connectivity index (χ0v) is 12.5. The van der Waals surface area contributed by atoms with E-state index >= 15 is 0 Å². The van der Waals surface area contributed by atoms with Gasteiger partial charge in [-0.15, -0.1) is 0 Å². The second-order valence-corrected chi connectivity index (χ2v) is 6.14. The summed E-state index contributed by atoms with van der Waals surface area (Å²) in [6, 6.07) is 0. The Kier molecular flexibility index (Phi) is 4.32. The first kappa shape index (κ1) is 13.9. The maximum absolute atomic E-state index is 10.8. The third-order valence-electron chi connectivity index (χ3n) is 3.62. The van der Waals surface area contributed by atoms with Crippen LogP contribution in [0.5, 0.6) is 0 Å². The first-order valence-electron chi connectivity index (χ1n) is 6.04. The lowest BCUT2D eigenvalue weighted by Crippen LogP contribution is -2.31. The van der Waals surface area contributed by atoms with Gasteiger partial charge < -0.3 is 10.1 Å². The minimum Gasteiger partial charge on any atom is -0.358 e. The molecule has 0 spiro atoms. The van der Waals surface area contributed by atoms with Gasteiger partial charge in [-0.3, -0.25) is 0 Å². The molecule has 0 atom stereocenters. The first-order valence-corrected chi connectivity index (χ1v) is 7.47. The Hall–Kier alpha value is -0.560. The number of hydrogen-bond donors (Lipinski definition) is 1. The third-order valence-corrected chi connectivity index (χ3v) is 4.85. The van der Waals surface area contributed by atoms with Crippen LogP contribution < -0.4 is 0 Å². The van der Waals surface area contributed by atoms with Crippen molar-refractivity contribution < 1.29 is 4.92 Å². The van der Waals surface area contributed by atoms with Gasteiger partial charge in [0.2, 0.25) is 0 Å². The first-order chi connectivity index (χ1) is 8.56. The highest BCUT2D eigenvalue weighted by atomic mass is 79.9. The van der Waals surface area contributed by atoms with E-state index in [-0.39, 0.29) is 11.2 Å². The molecular formula is C11H16BrN3O2S. The zero-order chi connectivity index (χ0) is 13.2. The van der Waals surface area contributed by atoms with Crippen LogP contribution >= 0.6 is 28.6 Å². The summed E-state index contributed by atoms with van der Waals surface area (Å²) >= 11 is 7.64. The highest BCUT2D eigenvalue weighted by Crippen LogP contribution is 2.39. The summed E-state index contributed by atoms with van der Waals surface area (Å²) in [4.78, 5) is 10.3. The second-order valence-electron chi connectivity index (χ2n) is 4.97. The molecule has 1 aliphatic carbocycles. The summed E-state index contributed by atoms with van der Waals surface area (Å²) in [6.07, 6.45) is 7.65. The molecule has 2 rings (SSSR count). The fourth-order valence-electron chi connectivity index (χ4n) is 2.60. The average molecular weight is 334 g/mol. The molecule has 0 unspecified atom stereocenters. The molecule has 0 aliphatic heterocycles. The van der Waals surface area contributed by atoms with Gasteiger partial charge in [-0.1, -0.05) is 19.3 Å². The fourth-order valence-corrected chi connectivity index (χ4v) is 3.48. The molecule has 0 bridgehead atoms. The fraction of sp³-hybridized carbons (Fsp3) is 0.727. The maximum atomic E-state index is 10.8. The summed E-state index contributed by atoms with van der Waals surface area (Å²) in [5.41, 5.74) is 0.140. The van der Waals surface area contributed by atoms with Gasteiger partial charge in [0.1, 0.15) is 4.47 Å². The molecule has 1 aromatic rings. The average Bonchev–Trinajstić information content (AvgIpc) is 2.71. The Morgan fingerprint density at radius 2 is 2.17 bits per heavy atom. The monoisotopic (exact) mass is 333 g/mol.